The van der Waals surface area contributed by atoms with Gasteiger partial charge >= 0.3 is 0 Å². The summed E-state index contributed by atoms with van der Waals surface area (Å²) in [6.45, 7) is 0. The van der Waals surface area contributed by atoms with Crippen molar-refractivity contribution >= 4 is 16.1 Å². The molecule has 0 aliphatic heterocycles. The van der Waals surface area contributed by atoms with Gasteiger partial charge in [0.05, 0.1) is 35.7 Å². The number of aromatic nitrogens is 2. The molecule has 0 bridgehead atoms. The van der Waals surface area contributed by atoms with Gasteiger partial charge < -0.3 is 4.74 Å². The van der Waals surface area contributed by atoms with Crippen LogP contribution >= 0.6 is 16.1 Å². The number of ether oxygens (including phenoxy) is 1. The molecule has 0 saturated carbocycles. The van der Waals surface area contributed by atoms with Crippen LogP contribution in [-0.2, 0) is 0 Å². The number of halogens is 1. The molecule has 1 aromatic rings. The molecule has 0 aromatic carbocycles. The zero-order chi connectivity index (χ0) is 5.98. The van der Waals surface area contributed by atoms with Crippen molar-refractivity contribution in [3.05, 3.63) is 12.4 Å². The van der Waals surface area contributed by atoms with Crippen LogP contribution in [0.5, 0.6) is 5.75 Å². The van der Waals surface area contributed by atoms with Crippen LogP contribution < -0.4 is 4.74 Å². The molecule has 0 aliphatic rings. The standard InChI is InChI=1S/C4H5BrN2O/c1-8-4-2-6-7(5)3-4/h2-3H,1H3. The minimum absolute atomic E-state index is 0.752. The molecule has 1 aromatic heterocycles. The lowest BCUT2D eigenvalue weighted by atomic mass is 10.7. The van der Waals surface area contributed by atoms with Crippen LogP contribution in [0.2, 0.25) is 0 Å². The van der Waals surface area contributed by atoms with Crippen molar-refractivity contribution in [2.75, 3.05) is 7.11 Å². The number of methoxy groups -OCH3 is 1. The summed E-state index contributed by atoms with van der Waals surface area (Å²) in [5, 5.41) is 3.80. The maximum absolute atomic E-state index is 4.82. The van der Waals surface area contributed by atoms with Crippen molar-refractivity contribution in [1.29, 1.82) is 0 Å². The lowest BCUT2D eigenvalue weighted by molar-refractivity contribution is 0.415. The van der Waals surface area contributed by atoms with Gasteiger partial charge in [0, 0.05) is 0 Å². The Morgan fingerprint density at radius 3 is 2.88 bits per heavy atom. The Balaban J connectivity index is 2.84. The van der Waals surface area contributed by atoms with E-state index in [9.17, 15) is 0 Å². The predicted molar refractivity (Wildman–Crippen MR) is 33.1 cm³/mol. The molecule has 0 fully saturated rings. The van der Waals surface area contributed by atoms with Gasteiger partial charge in [-0.15, -0.1) is 0 Å². The zero-order valence-electron chi connectivity index (χ0n) is 4.34. The molecular weight excluding hydrogens is 172 g/mol. The summed E-state index contributed by atoms with van der Waals surface area (Å²) in [4.78, 5) is 0. The van der Waals surface area contributed by atoms with E-state index in [0.717, 1.165) is 5.75 Å². The summed E-state index contributed by atoms with van der Waals surface area (Å²) in [5.41, 5.74) is 0. The second-order valence-corrected chi connectivity index (χ2v) is 2.00. The fraction of sp³-hybridized carbons (Fsp3) is 0.250. The number of hydrogen-bond donors (Lipinski definition) is 0. The molecule has 44 valence electrons. The fourth-order valence-electron chi connectivity index (χ4n) is 0.389. The van der Waals surface area contributed by atoms with Gasteiger partial charge in [0.15, 0.2) is 5.75 Å². The van der Waals surface area contributed by atoms with Crippen LogP contribution in [0, 0.1) is 0 Å². The van der Waals surface area contributed by atoms with Crippen molar-refractivity contribution in [3.63, 3.8) is 0 Å². The van der Waals surface area contributed by atoms with Gasteiger partial charge in [0.25, 0.3) is 0 Å². The first-order chi connectivity index (χ1) is 3.83. The molecule has 0 radical (unpaired) electrons. The molecule has 1 rings (SSSR count). The molecule has 8 heavy (non-hydrogen) atoms. The van der Waals surface area contributed by atoms with E-state index < -0.39 is 0 Å². The normalized spacial score (nSPS) is 9.25. The van der Waals surface area contributed by atoms with E-state index in [1.807, 2.05) is 0 Å². The molecule has 0 spiro atoms. The van der Waals surface area contributed by atoms with E-state index in [0.29, 0.717) is 0 Å². The lowest BCUT2D eigenvalue weighted by Crippen LogP contribution is -1.76. The first kappa shape index (κ1) is 5.62. The zero-order valence-corrected chi connectivity index (χ0v) is 5.92. The Kier molecular flexibility index (Phi) is 1.53. The van der Waals surface area contributed by atoms with E-state index in [1.165, 1.54) is 3.71 Å². The average molecular weight is 177 g/mol. The average Bonchev–Trinajstić information content (AvgIpc) is 2.14. The highest BCUT2D eigenvalue weighted by molar-refractivity contribution is 9.08. The van der Waals surface area contributed by atoms with Gasteiger partial charge in [0.2, 0.25) is 0 Å². The van der Waals surface area contributed by atoms with E-state index in [1.54, 1.807) is 19.5 Å². The van der Waals surface area contributed by atoms with Crippen LogP contribution in [0.15, 0.2) is 12.4 Å². The van der Waals surface area contributed by atoms with Gasteiger partial charge in [-0.3, -0.25) is 0 Å². The van der Waals surface area contributed by atoms with Crippen LogP contribution in [0.25, 0.3) is 0 Å². The summed E-state index contributed by atoms with van der Waals surface area (Å²) in [6.07, 6.45) is 3.34. The molecule has 0 aliphatic carbocycles. The largest absolute Gasteiger partial charge is 0.493 e. The molecule has 0 amide bonds. The van der Waals surface area contributed by atoms with Gasteiger partial charge in [-0.1, -0.05) is 0 Å². The predicted octanol–water partition coefficient (Wildman–Crippen LogP) is 1.05. The second-order valence-electron chi connectivity index (χ2n) is 1.27. The molecular formula is C4H5BrN2O. The van der Waals surface area contributed by atoms with Gasteiger partial charge in [0.1, 0.15) is 0 Å². The third kappa shape index (κ3) is 1.01. The van der Waals surface area contributed by atoms with E-state index in [4.69, 9.17) is 4.74 Å². The first-order valence-corrected chi connectivity index (χ1v) is 2.78. The Morgan fingerprint density at radius 1 is 1.88 bits per heavy atom. The third-order valence-corrected chi connectivity index (χ3v) is 1.15. The molecule has 0 unspecified atom stereocenters. The van der Waals surface area contributed by atoms with Gasteiger partial charge in [-0.2, -0.15) is 5.10 Å². The van der Waals surface area contributed by atoms with Gasteiger partial charge in [-0.05, 0) is 0 Å². The SMILES string of the molecule is COc1cnn(Br)c1. The van der Waals surface area contributed by atoms with Crippen molar-refractivity contribution in [1.82, 2.24) is 8.81 Å². The smallest absolute Gasteiger partial charge is 0.157 e. The first-order valence-electron chi connectivity index (χ1n) is 2.08. The van der Waals surface area contributed by atoms with Crippen molar-refractivity contribution in [2.24, 2.45) is 0 Å². The van der Waals surface area contributed by atoms with Crippen LogP contribution in [0.1, 0.15) is 0 Å². The van der Waals surface area contributed by atoms with E-state index in [-0.39, 0.29) is 0 Å². The Hall–Kier alpha value is -0.510. The molecule has 0 atom stereocenters. The molecule has 4 heteroatoms. The summed E-state index contributed by atoms with van der Waals surface area (Å²) < 4.78 is 6.33. The van der Waals surface area contributed by atoms with E-state index >= 15 is 0 Å². The van der Waals surface area contributed by atoms with Crippen molar-refractivity contribution in [2.45, 2.75) is 0 Å². The highest BCUT2D eigenvalue weighted by atomic mass is 79.9. The van der Waals surface area contributed by atoms with Crippen molar-refractivity contribution < 1.29 is 4.74 Å². The van der Waals surface area contributed by atoms with Crippen LogP contribution in [-0.4, -0.2) is 15.9 Å². The molecule has 1 heterocycles. The minimum Gasteiger partial charge on any atom is -0.493 e. The summed E-state index contributed by atoms with van der Waals surface area (Å²) in [7, 11) is 1.60. The molecule has 3 nitrogen and oxygen atoms in total. The Bertz CT molecular complexity index is 174. The summed E-state index contributed by atoms with van der Waals surface area (Å²) in [5.74, 6) is 0.752. The minimum atomic E-state index is 0.752. The number of rotatable bonds is 1. The van der Waals surface area contributed by atoms with Crippen LogP contribution in [0.3, 0.4) is 0 Å². The third-order valence-electron chi connectivity index (χ3n) is 0.765. The quantitative estimate of drug-likeness (QED) is 0.640. The number of nitrogens with zero attached hydrogens (tertiary/aromatic N) is 2. The Labute approximate surface area is 55.6 Å². The highest BCUT2D eigenvalue weighted by Crippen LogP contribution is 2.07. The second kappa shape index (κ2) is 2.17. The molecule has 0 saturated heterocycles. The van der Waals surface area contributed by atoms with Gasteiger partial charge in [-0.25, -0.2) is 3.71 Å². The van der Waals surface area contributed by atoms with E-state index in [2.05, 4.69) is 21.2 Å². The maximum atomic E-state index is 4.82. The maximum Gasteiger partial charge on any atom is 0.157 e. The lowest BCUT2D eigenvalue weighted by Gasteiger charge is -1.86. The summed E-state index contributed by atoms with van der Waals surface area (Å²) in [6, 6.07) is 0. The Morgan fingerprint density at radius 2 is 2.62 bits per heavy atom. The van der Waals surface area contributed by atoms with Crippen LogP contribution in [0.4, 0.5) is 0 Å². The number of hydrogen-bond acceptors (Lipinski definition) is 2. The monoisotopic (exact) mass is 176 g/mol. The van der Waals surface area contributed by atoms with Crippen molar-refractivity contribution in [3.8, 4) is 5.75 Å². The molecule has 0 N–H and O–H groups in total. The topological polar surface area (TPSA) is 27.1 Å². The highest BCUT2D eigenvalue weighted by Gasteiger charge is 1.90. The summed E-state index contributed by atoms with van der Waals surface area (Å²) >= 11 is 3.10. The fourth-order valence-corrected chi connectivity index (χ4v) is 0.683.